The normalized spacial score (nSPS) is 0. The molecule has 0 aromatic carbocycles. The van der Waals surface area contributed by atoms with E-state index < -0.39 is 0 Å². The van der Waals surface area contributed by atoms with Gasteiger partial charge in [0.2, 0.25) is 0 Å². The monoisotopic (exact) mass is 372 g/mol. The number of hydrogen-bond donors (Lipinski definition) is 0. The van der Waals surface area contributed by atoms with Crippen LogP contribution in [-0.4, -0.2) is 0 Å². The van der Waals surface area contributed by atoms with Crippen LogP contribution >= 0.6 is 80.3 Å². The summed E-state index contributed by atoms with van der Waals surface area (Å²) in [6, 6.07) is 0. The summed E-state index contributed by atoms with van der Waals surface area (Å²) < 4.78 is 0. The third-order valence-electron chi connectivity index (χ3n) is 0. The Bertz CT molecular complexity index is 7.51. The third kappa shape index (κ3) is 34.5. The van der Waals surface area contributed by atoms with Crippen molar-refractivity contribution >= 4 is 80.3 Å². The first-order valence-corrected chi connectivity index (χ1v) is 0. The molecule has 0 amide bonds. The molecule has 0 unspecified atom stereocenters. The summed E-state index contributed by atoms with van der Waals surface area (Å²) in [5, 5.41) is 0. The highest BCUT2D eigenvalue weighted by Gasteiger charge is -0.0774. The first kappa shape index (κ1) is 87.4. The second-order valence-electron chi connectivity index (χ2n) is 0. The predicted molar refractivity (Wildman–Crippen MR) is 55.3 cm³/mol. The topological polar surface area (TPSA) is 0 Å². The molecule has 0 saturated heterocycles. The molecule has 0 aliphatic carbocycles. The largest absolute Gasteiger partial charge is 0.147 e. The Morgan fingerprint density at radius 1 is 0.500 bits per heavy atom. The van der Waals surface area contributed by atoms with Gasteiger partial charge in [-0.05, 0) is 0 Å². The predicted octanol–water partition coefficient (Wildman–Crippen LogP) is 3.37. The van der Waals surface area contributed by atoms with Gasteiger partial charge in [-0.2, -0.15) is 0 Å². The molecule has 5 heteroatoms. The molecule has 0 heterocycles. The Balaban J connectivity index is 0. The maximum atomic E-state index is 0. The molecular weight excluding hydrogens is 367 g/mol. The summed E-state index contributed by atoms with van der Waals surface area (Å²) >= 11 is 0. The highest BCUT2D eigenvalue weighted by Crippen LogP contribution is 0.849. The Morgan fingerprint density at radius 2 is 0.500 bits per heavy atom. The Kier molecular flexibility index (Phi) is 829. The second-order valence-corrected chi connectivity index (χ2v) is 0. The van der Waals surface area contributed by atoms with Crippen LogP contribution in [0.25, 0.3) is 0 Å². The van der Waals surface area contributed by atoms with Crippen LogP contribution in [0.5, 0.6) is 0 Å². The molecular formula is CH9Br4Cl. The molecule has 0 radical (unpaired) electrons. The van der Waals surface area contributed by atoms with Crippen LogP contribution in [0.2, 0.25) is 0 Å². The van der Waals surface area contributed by atoms with Crippen LogP contribution < -0.4 is 0 Å². The van der Waals surface area contributed by atoms with Crippen molar-refractivity contribution in [3.05, 3.63) is 0 Å². The molecule has 0 bridgehead atoms. The van der Waals surface area contributed by atoms with Crippen LogP contribution in [0.15, 0.2) is 0 Å². The number of halogens is 5. The van der Waals surface area contributed by atoms with E-state index in [1.54, 1.807) is 0 Å². The van der Waals surface area contributed by atoms with Crippen molar-refractivity contribution in [2.75, 3.05) is 0 Å². The van der Waals surface area contributed by atoms with Crippen molar-refractivity contribution in [3.63, 3.8) is 0 Å². The smallest absolute Gasteiger partial charge is 0.0776 e. The van der Waals surface area contributed by atoms with Crippen molar-refractivity contribution in [3.8, 4) is 0 Å². The lowest BCUT2D eigenvalue weighted by Gasteiger charge is -0.147. The van der Waals surface area contributed by atoms with Gasteiger partial charge in [0.05, 0.1) is 0 Å². The lowest BCUT2D eigenvalue weighted by atomic mass is 12.0. The van der Waals surface area contributed by atoms with E-state index in [1.807, 2.05) is 0 Å². The first-order valence-electron chi connectivity index (χ1n) is 0. The average molecular weight is 376 g/mol. The van der Waals surface area contributed by atoms with Crippen molar-refractivity contribution in [1.82, 2.24) is 0 Å². The van der Waals surface area contributed by atoms with Crippen LogP contribution in [-0.2, 0) is 0 Å². The Labute approximate surface area is 86.9 Å². The van der Waals surface area contributed by atoms with Gasteiger partial charge >= 0.3 is 0 Å². The van der Waals surface area contributed by atoms with E-state index in [2.05, 4.69) is 0 Å². The third-order valence-corrected chi connectivity index (χ3v) is 0. The lowest BCUT2D eigenvalue weighted by Crippen LogP contribution is 0.144. The molecule has 0 aliphatic heterocycles. The highest BCUT2D eigenvalue weighted by molar-refractivity contribution is 8.93. The van der Waals surface area contributed by atoms with E-state index in [-0.39, 0.29) is 87.8 Å². The minimum atomic E-state index is 0. The van der Waals surface area contributed by atoms with Crippen molar-refractivity contribution in [1.29, 1.82) is 0 Å². The number of hydrogen-bond acceptors (Lipinski definition) is 0. The van der Waals surface area contributed by atoms with Crippen LogP contribution in [0.1, 0.15) is 7.43 Å². The first-order chi connectivity index (χ1) is 0. The van der Waals surface area contributed by atoms with Gasteiger partial charge in [-0.25, -0.2) is 0 Å². The van der Waals surface area contributed by atoms with Crippen molar-refractivity contribution in [2.45, 2.75) is 7.43 Å². The molecule has 0 nitrogen and oxygen atoms in total. The molecule has 0 N–H and O–H groups in total. The standard InChI is InChI=1S/CH4.4BrH.ClH/h1H4;5*1H. The summed E-state index contributed by atoms with van der Waals surface area (Å²) in [6.45, 7) is 0. The lowest BCUT2D eigenvalue weighted by molar-refractivity contribution is 2.50. The van der Waals surface area contributed by atoms with Gasteiger partial charge in [0, 0.05) is 0 Å². The molecule has 0 aromatic heterocycles. The van der Waals surface area contributed by atoms with E-state index in [4.69, 9.17) is 0 Å². The fraction of sp³-hybridized carbons (Fsp3) is 1.00. The fourth-order valence-electron chi connectivity index (χ4n) is 0. The maximum Gasteiger partial charge on any atom is -0.0776 e. The van der Waals surface area contributed by atoms with E-state index in [9.17, 15) is 0 Å². The zero-order chi connectivity index (χ0) is 0. The molecule has 0 saturated carbocycles. The van der Waals surface area contributed by atoms with Crippen molar-refractivity contribution in [2.24, 2.45) is 0 Å². The van der Waals surface area contributed by atoms with Gasteiger partial charge in [-0.15, -0.1) is 80.3 Å². The molecule has 0 spiro atoms. The molecule has 6 heavy (non-hydrogen) atoms. The summed E-state index contributed by atoms with van der Waals surface area (Å²) in [5.74, 6) is 0. The van der Waals surface area contributed by atoms with Crippen molar-refractivity contribution < 1.29 is 0 Å². The second kappa shape index (κ2) is 56.9. The summed E-state index contributed by atoms with van der Waals surface area (Å²) in [5.41, 5.74) is 0. The number of rotatable bonds is 0. The van der Waals surface area contributed by atoms with Gasteiger partial charge in [-0.3, -0.25) is 0 Å². The van der Waals surface area contributed by atoms with Crippen LogP contribution in [0.3, 0.4) is 0 Å². The molecule has 0 aliphatic rings. The Morgan fingerprint density at radius 3 is 0.500 bits per heavy atom. The molecule has 0 fully saturated rings. The maximum absolute atomic E-state index is 0. The average Bonchev–Trinajstić information content (AvgIpc) is 0. The summed E-state index contributed by atoms with van der Waals surface area (Å²) in [6.07, 6.45) is 0. The van der Waals surface area contributed by atoms with Gasteiger partial charge in [0.1, 0.15) is 0 Å². The van der Waals surface area contributed by atoms with Crippen LogP contribution in [0.4, 0.5) is 0 Å². The van der Waals surface area contributed by atoms with Gasteiger partial charge in [-0.1, -0.05) is 7.43 Å². The Hall–Kier alpha value is 2.21. The van der Waals surface area contributed by atoms with E-state index in [1.165, 1.54) is 0 Å². The van der Waals surface area contributed by atoms with E-state index in [0.717, 1.165) is 0 Å². The summed E-state index contributed by atoms with van der Waals surface area (Å²) in [7, 11) is 0. The van der Waals surface area contributed by atoms with Crippen LogP contribution in [0, 0.1) is 0 Å². The van der Waals surface area contributed by atoms with Gasteiger partial charge in [0.15, 0.2) is 0 Å². The summed E-state index contributed by atoms with van der Waals surface area (Å²) in [4.78, 5) is 0. The molecule has 0 rings (SSSR count). The SMILES string of the molecule is Br.Br.Br.Br.C.Cl. The van der Waals surface area contributed by atoms with E-state index >= 15 is 0 Å². The van der Waals surface area contributed by atoms with E-state index in [0.29, 0.717) is 0 Å². The quantitative estimate of drug-likeness (QED) is 0.608. The van der Waals surface area contributed by atoms with Gasteiger partial charge in [0.25, 0.3) is 0 Å². The zero-order valence-electron chi connectivity index (χ0n) is 2.04. The molecule has 48 valence electrons. The fourth-order valence-corrected chi connectivity index (χ4v) is 0. The zero-order valence-corrected chi connectivity index (χ0v) is 9.71. The molecule has 0 aromatic rings. The molecule has 0 atom stereocenters. The minimum absolute atomic E-state index is 0. The van der Waals surface area contributed by atoms with Gasteiger partial charge < -0.3 is 0 Å². The highest BCUT2D eigenvalue weighted by atomic mass is 79.9. The minimum Gasteiger partial charge on any atom is -0.147 e.